The smallest absolute Gasteiger partial charge is 0.123 e. The number of halogens is 1. The molecule has 0 spiro atoms. The van der Waals surface area contributed by atoms with Crippen LogP contribution in [0.1, 0.15) is 25.1 Å². The molecule has 2 aromatic rings. The Morgan fingerprint density at radius 3 is 2.52 bits per heavy atom. The highest BCUT2D eigenvalue weighted by Gasteiger charge is 2.20. The highest BCUT2D eigenvalue weighted by molar-refractivity contribution is 6.07. The molecule has 0 aliphatic rings. The number of aliphatic imine (C=N–C) groups is 1. The molecule has 0 aliphatic carbocycles. The van der Waals surface area contributed by atoms with Gasteiger partial charge in [0.2, 0.25) is 0 Å². The number of nitrogens with one attached hydrogen (secondary N) is 1. The van der Waals surface area contributed by atoms with Crippen molar-refractivity contribution in [2.24, 2.45) is 4.99 Å². The summed E-state index contributed by atoms with van der Waals surface area (Å²) >= 11 is 0. The molecule has 0 saturated carbocycles. The Labute approximate surface area is 149 Å². The Bertz CT molecular complexity index is 759. The van der Waals surface area contributed by atoms with Gasteiger partial charge in [0.15, 0.2) is 0 Å². The molecular formula is C21H24FN3. The van der Waals surface area contributed by atoms with Crippen LogP contribution in [-0.2, 0) is 5.41 Å². The number of nitrogens with zero attached hydrogens (tertiary/aromatic N) is 2. The number of allylic oxidation sites excluding steroid dienone is 2. The number of hydrogen-bond donors (Lipinski definition) is 1. The van der Waals surface area contributed by atoms with E-state index in [1.165, 1.54) is 12.1 Å². The molecule has 0 unspecified atom stereocenters. The van der Waals surface area contributed by atoms with E-state index in [9.17, 15) is 4.39 Å². The summed E-state index contributed by atoms with van der Waals surface area (Å²) in [5.74, 6) is -0.222. The molecule has 0 atom stereocenters. The van der Waals surface area contributed by atoms with Crippen LogP contribution < -0.4 is 5.32 Å². The molecular weight excluding hydrogens is 313 g/mol. The first kappa shape index (κ1) is 18.6. The summed E-state index contributed by atoms with van der Waals surface area (Å²) in [5.41, 5.74) is 3.32. The lowest BCUT2D eigenvalue weighted by atomic mass is 9.84. The van der Waals surface area contributed by atoms with Gasteiger partial charge in [-0.2, -0.15) is 0 Å². The summed E-state index contributed by atoms with van der Waals surface area (Å²) in [5, 5.41) is 3.32. The van der Waals surface area contributed by atoms with Crippen molar-refractivity contribution in [3.63, 3.8) is 0 Å². The molecule has 0 amide bonds. The quantitative estimate of drug-likeness (QED) is 0.605. The SMILES string of the molecule is C=C(/C=C\C(=N/C)c1ccccn1)NCC(C)(C)c1ccc(F)cc1. The van der Waals surface area contributed by atoms with E-state index in [1.807, 2.05) is 42.5 Å². The zero-order valence-electron chi connectivity index (χ0n) is 15.0. The highest BCUT2D eigenvalue weighted by Crippen LogP contribution is 2.22. The van der Waals surface area contributed by atoms with Gasteiger partial charge in [-0.15, -0.1) is 0 Å². The molecule has 25 heavy (non-hydrogen) atoms. The second kappa shape index (κ2) is 8.38. The van der Waals surface area contributed by atoms with E-state index in [1.54, 1.807) is 13.2 Å². The third kappa shape index (κ3) is 5.38. The lowest BCUT2D eigenvalue weighted by Crippen LogP contribution is -2.32. The topological polar surface area (TPSA) is 37.3 Å². The molecule has 0 radical (unpaired) electrons. The summed E-state index contributed by atoms with van der Waals surface area (Å²) < 4.78 is 13.1. The Morgan fingerprint density at radius 2 is 1.92 bits per heavy atom. The molecule has 0 aliphatic heterocycles. The van der Waals surface area contributed by atoms with E-state index in [0.717, 1.165) is 22.7 Å². The Hall–Kier alpha value is -2.75. The van der Waals surface area contributed by atoms with Crippen molar-refractivity contribution in [1.82, 2.24) is 10.3 Å². The van der Waals surface area contributed by atoms with Crippen molar-refractivity contribution in [3.05, 3.63) is 90.2 Å². The van der Waals surface area contributed by atoms with Gasteiger partial charge in [0.1, 0.15) is 5.82 Å². The molecule has 1 heterocycles. The van der Waals surface area contributed by atoms with E-state index in [4.69, 9.17) is 0 Å². The first-order valence-corrected chi connectivity index (χ1v) is 8.17. The Morgan fingerprint density at radius 1 is 1.20 bits per heavy atom. The van der Waals surface area contributed by atoms with Crippen molar-refractivity contribution < 1.29 is 4.39 Å². The predicted molar refractivity (Wildman–Crippen MR) is 102 cm³/mol. The second-order valence-electron chi connectivity index (χ2n) is 6.43. The number of pyridine rings is 1. The molecule has 4 heteroatoms. The molecule has 0 bridgehead atoms. The first-order valence-electron chi connectivity index (χ1n) is 8.17. The highest BCUT2D eigenvalue weighted by atomic mass is 19.1. The standard InChI is InChI=1S/C21H24FN3/c1-16(8-13-19(23-4)20-7-5-6-14-24-20)25-15-21(2,3)17-9-11-18(22)12-10-17/h5-14,25H,1,15H2,2-4H3/b13-8-,23-19+. The minimum absolute atomic E-state index is 0.146. The van der Waals surface area contributed by atoms with E-state index >= 15 is 0 Å². The van der Waals surface area contributed by atoms with Gasteiger partial charge >= 0.3 is 0 Å². The molecule has 2 rings (SSSR count). The molecule has 130 valence electrons. The first-order chi connectivity index (χ1) is 11.9. The van der Waals surface area contributed by atoms with Gasteiger partial charge < -0.3 is 5.32 Å². The lowest BCUT2D eigenvalue weighted by Gasteiger charge is -2.26. The molecule has 1 N–H and O–H groups in total. The van der Waals surface area contributed by atoms with Crippen LogP contribution in [0.25, 0.3) is 0 Å². The van der Waals surface area contributed by atoms with Gasteiger partial charge in [0.05, 0.1) is 11.4 Å². The zero-order valence-corrected chi connectivity index (χ0v) is 15.0. The average Bonchev–Trinajstić information content (AvgIpc) is 2.62. The van der Waals surface area contributed by atoms with Gasteiger partial charge in [0, 0.05) is 30.9 Å². The van der Waals surface area contributed by atoms with Crippen LogP contribution in [0.5, 0.6) is 0 Å². The number of benzene rings is 1. The van der Waals surface area contributed by atoms with Crippen molar-refractivity contribution in [3.8, 4) is 0 Å². The minimum Gasteiger partial charge on any atom is -0.385 e. The fourth-order valence-corrected chi connectivity index (χ4v) is 2.36. The monoisotopic (exact) mass is 337 g/mol. The maximum Gasteiger partial charge on any atom is 0.123 e. The average molecular weight is 337 g/mol. The largest absolute Gasteiger partial charge is 0.385 e. The van der Waals surface area contributed by atoms with Crippen LogP contribution in [0.15, 0.2) is 78.1 Å². The molecule has 3 nitrogen and oxygen atoms in total. The van der Waals surface area contributed by atoms with Crippen LogP contribution in [0, 0.1) is 5.82 Å². The van der Waals surface area contributed by atoms with Gasteiger partial charge in [0.25, 0.3) is 0 Å². The molecule has 0 saturated heterocycles. The fraction of sp³-hybridized carbons (Fsp3) is 0.238. The number of rotatable bonds is 7. The fourth-order valence-electron chi connectivity index (χ4n) is 2.36. The second-order valence-corrected chi connectivity index (χ2v) is 6.43. The van der Waals surface area contributed by atoms with Crippen molar-refractivity contribution >= 4 is 5.71 Å². The lowest BCUT2D eigenvalue weighted by molar-refractivity contribution is 0.497. The molecule has 1 aromatic carbocycles. The van der Waals surface area contributed by atoms with Crippen molar-refractivity contribution in [2.45, 2.75) is 19.3 Å². The van der Waals surface area contributed by atoms with Crippen molar-refractivity contribution in [1.29, 1.82) is 0 Å². The van der Waals surface area contributed by atoms with Crippen LogP contribution in [0.3, 0.4) is 0 Å². The maximum absolute atomic E-state index is 13.1. The van der Waals surface area contributed by atoms with E-state index in [0.29, 0.717) is 6.54 Å². The van der Waals surface area contributed by atoms with Gasteiger partial charge in [-0.3, -0.25) is 9.98 Å². The number of aromatic nitrogens is 1. The summed E-state index contributed by atoms with van der Waals surface area (Å²) in [6.07, 6.45) is 5.52. The van der Waals surface area contributed by atoms with Crippen LogP contribution >= 0.6 is 0 Å². The van der Waals surface area contributed by atoms with Gasteiger partial charge in [-0.25, -0.2) is 4.39 Å². The third-order valence-electron chi connectivity index (χ3n) is 3.99. The minimum atomic E-state index is -0.222. The molecule has 1 aromatic heterocycles. The van der Waals surface area contributed by atoms with Crippen molar-refractivity contribution in [2.75, 3.05) is 13.6 Å². The molecule has 0 fully saturated rings. The number of hydrogen-bond acceptors (Lipinski definition) is 3. The Balaban J connectivity index is 1.96. The summed E-state index contributed by atoms with van der Waals surface area (Å²) in [6.45, 7) is 8.93. The van der Waals surface area contributed by atoms with E-state index in [2.05, 4.69) is 35.7 Å². The zero-order chi connectivity index (χ0) is 18.3. The summed E-state index contributed by atoms with van der Waals surface area (Å²) in [6, 6.07) is 12.3. The van der Waals surface area contributed by atoms with Crippen LogP contribution in [0.2, 0.25) is 0 Å². The van der Waals surface area contributed by atoms with Crippen LogP contribution in [0.4, 0.5) is 4.39 Å². The van der Waals surface area contributed by atoms with Gasteiger partial charge in [-0.1, -0.05) is 38.6 Å². The van der Waals surface area contributed by atoms with E-state index < -0.39 is 0 Å². The third-order valence-corrected chi connectivity index (χ3v) is 3.99. The predicted octanol–water partition coefficient (Wildman–Crippen LogP) is 4.28. The maximum atomic E-state index is 13.1. The van der Waals surface area contributed by atoms with E-state index in [-0.39, 0.29) is 11.2 Å². The normalized spacial score (nSPS) is 12.4. The Kier molecular flexibility index (Phi) is 6.23. The van der Waals surface area contributed by atoms with Crippen LogP contribution in [-0.4, -0.2) is 24.3 Å². The van der Waals surface area contributed by atoms with Gasteiger partial charge in [-0.05, 0) is 42.0 Å². The summed E-state index contributed by atoms with van der Waals surface area (Å²) in [4.78, 5) is 8.56. The summed E-state index contributed by atoms with van der Waals surface area (Å²) in [7, 11) is 1.74.